The molecule has 122 valence electrons. The van der Waals surface area contributed by atoms with E-state index in [4.69, 9.17) is 23.2 Å². The minimum Gasteiger partial charge on any atom is -0.358 e. The Morgan fingerprint density at radius 2 is 2.04 bits per heavy atom. The van der Waals surface area contributed by atoms with Gasteiger partial charge in [0.1, 0.15) is 10.3 Å². The predicted octanol–water partition coefficient (Wildman–Crippen LogP) is 5.36. The van der Waals surface area contributed by atoms with Crippen molar-refractivity contribution in [1.82, 2.24) is 19.9 Å². The third-order valence-corrected chi connectivity index (χ3v) is 5.29. The van der Waals surface area contributed by atoms with Crippen LogP contribution in [0.1, 0.15) is 23.4 Å². The van der Waals surface area contributed by atoms with Crippen LogP contribution in [0.4, 0.5) is 0 Å². The maximum Gasteiger partial charge on any atom is 0.224 e. The van der Waals surface area contributed by atoms with Gasteiger partial charge in [-0.15, -0.1) is 11.3 Å². The van der Waals surface area contributed by atoms with Crippen LogP contribution in [0.15, 0.2) is 23.7 Å². The number of hydrogen-bond donors (Lipinski definition) is 1. The fourth-order valence-electron chi connectivity index (χ4n) is 3.07. The van der Waals surface area contributed by atoms with E-state index in [1.54, 1.807) is 5.51 Å². The van der Waals surface area contributed by atoms with Crippen LogP contribution >= 0.6 is 34.5 Å². The first-order chi connectivity index (χ1) is 11.6. The Kier molecular flexibility index (Phi) is 4.16. The summed E-state index contributed by atoms with van der Waals surface area (Å²) >= 11 is 13.7. The van der Waals surface area contributed by atoms with Crippen molar-refractivity contribution in [3.8, 4) is 0 Å². The molecule has 0 saturated carbocycles. The zero-order valence-electron chi connectivity index (χ0n) is 12.9. The molecule has 7 heteroatoms. The lowest BCUT2D eigenvalue weighted by Gasteiger charge is -2.04. The Hall–Kier alpha value is -1.69. The topological polar surface area (TPSA) is 54.5 Å². The fraction of sp³-hybridized carbons (Fsp3) is 0.235. The second kappa shape index (κ2) is 6.31. The summed E-state index contributed by atoms with van der Waals surface area (Å²) < 4.78 is 0. The lowest BCUT2D eigenvalue weighted by Crippen LogP contribution is -1.97. The molecule has 4 rings (SSSR count). The van der Waals surface area contributed by atoms with Gasteiger partial charge in [-0.25, -0.2) is 15.0 Å². The van der Waals surface area contributed by atoms with E-state index in [9.17, 15) is 0 Å². The maximum absolute atomic E-state index is 6.15. The molecule has 0 amide bonds. The van der Waals surface area contributed by atoms with Crippen molar-refractivity contribution in [1.29, 1.82) is 0 Å². The number of nitrogens with zero attached hydrogens (tertiary/aromatic N) is 3. The summed E-state index contributed by atoms with van der Waals surface area (Å²) in [7, 11) is 0. The normalized spacial score (nSPS) is 11.6. The summed E-state index contributed by atoms with van der Waals surface area (Å²) in [5.74, 6) is 0. The highest BCUT2D eigenvalue weighted by molar-refractivity contribution is 7.16. The Morgan fingerprint density at radius 3 is 2.92 bits per heavy atom. The van der Waals surface area contributed by atoms with Crippen molar-refractivity contribution < 1.29 is 0 Å². The number of aromatic nitrogens is 4. The van der Waals surface area contributed by atoms with E-state index in [0.717, 1.165) is 45.8 Å². The molecule has 0 aliphatic rings. The van der Waals surface area contributed by atoms with Crippen LogP contribution in [-0.2, 0) is 12.8 Å². The Morgan fingerprint density at radius 1 is 1.17 bits per heavy atom. The van der Waals surface area contributed by atoms with Gasteiger partial charge < -0.3 is 4.98 Å². The van der Waals surface area contributed by atoms with Gasteiger partial charge in [0.25, 0.3) is 0 Å². The van der Waals surface area contributed by atoms with Gasteiger partial charge in [0.05, 0.1) is 11.2 Å². The second-order valence-electron chi connectivity index (χ2n) is 5.72. The lowest BCUT2D eigenvalue weighted by molar-refractivity contribution is 0.800. The largest absolute Gasteiger partial charge is 0.358 e. The van der Waals surface area contributed by atoms with E-state index in [2.05, 4.69) is 26.9 Å². The van der Waals surface area contributed by atoms with Crippen LogP contribution < -0.4 is 0 Å². The molecule has 1 N–H and O–H groups in total. The highest BCUT2D eigenvalue weighted by Gasteiger charge is 2.12. The molecule has 24 heavy (non-hydrogen) atoms. The molecule has 4 nitrogen and oxygen atoms in total. The minimum atomic E-state index is 0.289. The first-order valence-electron chi connectivity index (χ1n) is 7.64. The predicted molar refractivity (Wildman–Crippen MR) is 100 cm³/mol. The maximum atomic E-state index is 6.15. The van der Waals surface area contributed by atoms with Crippen LogP contribution in [0.25, 0.3) is 21.3 Å². The van der Waals surface area contributed by atoms with Gasteiger partial charge in [-0.05, 0) is 61.5 Å². The molecule has 0 aliphatic heterocycles. The average molecular weight is 377 g/mol. The summed E-state index contributed by atoms with van der Waals surface area (Å²) in [5, 5.41) is 2.24. The smallest absolute Gasteiger partial charge is 0.224 e. The third kappa shape index (κ3) is 2.88. The summed E-state index contributed by atoms with van der Waals surface area (Å²) in [4.78, 5) is 17.2. The number of hydrogen-bond acceptors (Lipinski definition) is 4. The zero-order chi connectivity index (χ0) is 16.7. The average Bonchev–Trinajstić information content (AvgIpc) is 3.12. The molecule has 0 radical (unpaired) electrons. The number of aryl methyl sites for hydroxylation is 3. The van der Waals surface area contributed by atoms with Crippen molar-refractivity contribution in [3.63, 3.8) is 0 Å². The Bertz CT molecular complexity index is 1040. The molecule has 0 atom stereocenters. The van der Waals surface area contributed by atoms with Gasteiger partial charge >= 0.3 is 0 Å². The van der Waals surface area contributed by atoms with E-state index in [1.807, 2.05) is 18.2 Å². The van der Waals surface area contributed by atoms with E-state index < -0.39 is 0 Å². The molecule has 1 aromatic carbocycles. The van der Waals surface area contributed by atoms with Gasteiger partial charge in [-0.1, -0.05) is 11.6 Å². The lowest BCUT2D eigenvalue weighted by atomic mass is 10.0. The molecule has 4 aromatic rings. The molecule has 0 saturated heterocycles. The molecule has 3 aromatic heterocycles. The monoisotopic (exact) mass is 376 g/mol. The summed E-state index contributed by atoms with van der Waals surface area (Å²) in [6.07, 6.45) is 2.72. The first kappa shape index (κ1) is 15.8. The number of thiazole rings is 1. The van der Waals surface area contributed by atoms with Crippen LogP contribution in [0.2, 0.25) is 10.3 Å². The number of rotatable bonds is 4. The molecule has 0 unspecified atom stereocenters. The van der Waals surface area contributed by atoms with Gasteiger partial charge in [0, 0.05) is 21.6 Å². The number of benzene rings is 1. The highest BCUT2D eigenvalue weighted by atomic mass is 35.5. The summed E-state index contributed by atoms with van der Waals surface area (Å²) in [5.41, 5.74) is 7.18. The standard InChI is InChI=1S/C17H14Cl2N4S/c1-9-11(12-7-10(18)5-6-13(12)21-9)3-2-4-14-15-16(24-8-20-15)23-17(19)22-14/h5-8,21H,2-4H2,1H3. The van der Waals surface area contributed by atoms with E-state index >= 15 is 0 Å². The van der Waals surface area contributed by atoms with Gasteiger partial charge in [-0.2, -0.15) is 0 Å². The second-order valence-corrected chi connectivity index (χ2v) is 7.33. The Labute approximate surface area is 152 Å². The zero-order valence-corrected chi connectivity index (χ0v) is 15.3. The third-order valence-electron chi connectivity index (χ3n) is 4.17. The fourth-order valence-corrected chi connectivity index (χ4v) is 4.16. The van der Waals surface area contributed by atoms with Crippen molar-refractivity contribution in [2.45, 2.75) is 26.2 Å². The highest BCUT2D eigenvalue weighted by Crippen LogP contribution is 2.27. The van der Waals surface area contributed by atoms with Gasteiger partial charge in [0.2, 0.25) is 5.28 Å². The van der Waals surface area contributed by atoms with Gasteiger partial charge in [-0.3, -0.25) is 0 Å². The molecular formula is C17H14Cl2N4S. The number of H-pyrrole nitrogens is 1. The van der Waals surface area contributed by atoms with Crippen molar-refractivity contribution in [2.24, 2.45) is 0 Å². The SMILES string of the molecule is Cc1[nH]c2ccc(Cl)cc2c1CCCc1nc(Cl)nc2scnc12. The molecule has 0 aliphatic carbocycles. The minimum absolute atomic E-state index is 0.289. The summed E-state index contributed by atoms with van der Waals surface area (Å²) in [6, 6.07) is 5.96. The number of halogens is 2. The number of fused-ring (bicyclic) bond motifs is 2. The van der Waals surface area contributed by atoms with Crippen LogP contribution in [0.5, 0.6) is 0 Å². The number of nitrogens with one attached hydrogen (secondary N) is 1. The van der Waals surface area contributed by atoms with Crippen molar-refractivity contribution in [2.75, 3.05) is 0 Å². The van der Waals surface area contributed by atoms with Crippen molar-refractivity contribution in [3.05, 3.63) is 51.0 Å². The molecule has 0 fully saturated rings. The van der Waals surface area contributed by atoms with E-state index in [-0.39, 0.29) is 5.28 Å². The van der Waals surface area contributed by atoms with E-state index in [1.165, 1.54) is 28.0 Å². The van der Waals surface area contributed by atoms with Crippen molar-refractivity contribution >= 4 is 55.8 Å². The molecular weight excluding hydrogens is 363 g/mol. The molecule has 0 spiro atoms. The van der Waals surface area contributed by atoms with Crippen LogP contribution in [-0.4, -0.2) is 19.9 Å². The van der Waals surface area contributed by atoms with Crippen LogP contribution in [0, 0.1) is 6.92 Å². The molecule has 0 bridgehead atoms. The number of aromatic amines is 1. The summed E-state index contributed by atoms with van der Waals surface area (Å²) in [6.45, 7) is 2.10. The van der Waals surface area contributed by atoms with Crippen LogP contribution in [0.3, 0.4) is 0 Å². The Balaban J connectivity index is 1.58. The molecule has 3 heterocycles. The van der Waals surface area contributed by atoms with E-state index in [0.29, 0.717) is 0 Å². The quantitative estimate of drug-likeness (QED) is 0.487. The van der Waals surface area contributed by atoms with Gasteiger partial charge in [0.15, 0.2) is 0 Å². The first-order valence-corrected chi connectivity index (χ1v) is 9.27.